The predicted molar refractivity (Wildman–Crippen MR) is 96.8 cm³/mol. The lowest BCUT2D eigenvalue weighted by molar-refractivity contribution is 0.139. The van der Waals surface area contributed by atoms with E-state index in [2.05, 4.69) is 53.9 Å². The van der Waals surface area contributed by atoms with Crippen molar-refractivity contribution >= 4 is 0 Å². The van der Waals surface area contributed by atoms with E-state index in [9.17, 15) is 0 Å². The van der Waals surface area contributed by atoms with Crippen molar-refractivity contribution in [1.82, 2.24) is 24.6 Å². The molecule has 2 aromatic rings. The fraction of sp³-hybridized carbons (Fsp3) is 0.632. The maximum Gasteiger partial charge on any atom is 0.0948 e. The highest BCUT2D eigenvalue weighted by Crippen LogP contribution is 2.26. The molecule has 1 fully saturated rings. The Hall–Kier alpha value is -1.75. The third kappa shape index (κ3) is 3.83. The molecule has 0 bridgehead atoms. The smallest absolute Gasteiger partial charge is 0.0948 e. The minimum Gasteiger partial charge on any atom is -0.301 e. The molecular weight excluding hydrogens is 298 g/mol. The van der Waals surface area contributed by atoms with Gasteiger partial charge >= 0.3 is 0 Å². The van der Waals surface area contributed by atoms with Crippen LogP contribution in [0.4, 0.5) is 0 Å². The Labute approximate surface area is 145 Å². The Kier molecular flexibility index (Phi) is 5.29. The number of rotatable bonds is 5. The van der Waals surface area contributed by atoms with Crippen LogP contribution in [0.15, 0.2) is 24.8 Å². The molecule has 1 aliphatic heterocycles. The molecule has 5 heteroatoms. The molecule has 0 radical (unpaired) electrons. The van der Waals surface area contributed by atoms with Gasteiger partial charge in [0.05, 0.1) is 17.6 Å². The maximum atomic E-state index is 4.66. The summed E-state index contributed by atoms with van der Waals surface area (Å²) in [5, 5.41) is 4.46. The van der Waals surface area contributed by atoms with Crippen molar-refractivity contribution in [1.29, 1.82) is 0 Å². The van der Waals surface area contributed by atoms with E-state index in [-0.39, 0.29) is 0 Å². The van der Waals surface area contributed by atoms with Crippen molar-refractivity contribution in [2.75, 3.05) is 13.1 Å². The topological polar surface area (TPSA) is 46.8 Å². The van der Waals surface area contributed by atoms with Crippen molar-refractivity contribution in [3.8, 4) is 11.3 Å². The third-order valence-corrected chi connectivity index (χ3v) is 4.94. The number of hydrogen-bond acceptors (Lipinski definition) is 4. The molecular formula is C19H29N5. The van der Waals surface area contributed by atoms with Gasteiger partial charge in [-0.05, 0) is 59.4 Å². The van der Waals surface area contributed by atoms with Crippen LogP contribution in [-0.2, 0) is 6.42 Å². The Bertz CT molecular complexity index is 661. The lowest BCUT2D eigenvalue weighted by atomic mass is 9.91. The van der Waals surface area contributed by atoms with Gasteiger partial charge in [-0.25, -0.2) is 0 Å². The molecule has 0 aromatic carbocycles. The molecule has 1 unspecified atom stereocenters. The molecule has 24 heavy (non-hydrogen) atoms. The van der Waals surface area contributed by atoms with Gasteiger partial charge in [0.2, 0.25) is 0 Å². The standard InChI is InChI=1S/C19H29N5/c1-14(2)23-9-5-6-16(12-23)10-18-19(21-8-7-20-18)17-11-22-24(13-17)15(3)4/h7-8,11,13-16H,5-6,9-10,12H2,1-4H3. The molecule has 3 heterocycles. The number of nitrogens with zero attached hydrogens (tertiary/aromatic N) is 5. The van der Waals surface area contributed by atoms with Crippen molar-refractivity contribution in [3.05, 3.63) is 30.5 Å². The zero-order chi connectivity index (χ0) is 17.1. The van der Waals surface area contributed by atoms with E-state index in [0.29, 0.717) is 18.0 Å². The third-order valence-electron chi connectivity index (χ3n) is 4.94. The van der Waals surface area contributed by atoms with Crippen molar-refractivity contribution in [2.45, 2.75) is 59.0 Å². The Morgan fingerprint density at radius 2 is 1.92 bits per heavy atom. The second-order valence-electron chi connectivity index (χ2n) is 7.46. The molecule has 1 saturated heterocycles. The van der Waals surface area contributed by atoms with E-state index in [1.165, 1.54) is 25.9 Å². The molecule has 0 amide bonds. The second-order valence-corrected chi connectivity index (χ2v) is 7.46. The van der Waals surface area contributed by atoms with E-state index < -0.39 is 0 Å². The summed E-state index contributed by atoms with van der Waals surface area (Å²) in [5.41, 5.74) is 3.17. The first-order chi connectivity index (χ1) is 11.5. The molecule has 2 aromatic heterocycles. The van der Waals surface area contributed by atoms with Gasteiger partial charge in [0.1, 0.15) is 0 Å². The summed E-state index contributed by atoms with van der Waals surface area (Å²) in [7, 11) is 0. The van der Waals surface area contributed by atoms with Crippen molar-refractivity contribution in [3.63, 3.8) is 0 Å². The molecule has 5 nitrogen and oxygen atoms in total. The van der Waals surface area contributed by atoms with Gasteiger partial charge < -0.3 is 4.90 Å². The molecule has 1 aliphatic rings. The minimum absolute atomic E-state index is 0.358. The van der Waals surface area contributed by atoms with Gasteiger partial charge in [0.25, 0.3) is 0 Å². The summed E-state index contributed by atoms with van der Waals surface area (Å²) >= 11 is 0. The normalized spacial score (nSPS) is 19.3. The first-order valence-electron chi connectivity index (χ1n) is 9.13. The van der Waals surface area contributed by atoms with Crippen LogP contribution in [0.1, 0.15) is 52.3 Å². The molecule has 0 N–H and O–H groups in total. The summed E-state index contributed by atoms with van der Waals surface area (Å²) in [6.45, 7) is 11.2. The van der Waals surface area contributed by atoms with E-state index in [1.54, 1.807) is 6.20 Å². The molecule has 1 atom stereocenters. The zero-order valence-electron chi connectivity index (χ0n) is 15.3. The van der Waals surface area contributed by atoms with E-state index in [0.717, 1.165) is 23.4 Å². The largest absolute Gasteiger partial charge is 0.301 e. The Balaban J connectivity index is 1.79. The quantitative estimate of drug-likeness (QED) is 0.842. The van der Waals surface area contributed by atoms with Crippen molar-refractivity contribution in [2.24, 2.45) is 5.92 Å². The van der Waals surface area contributed by atoms with Crippen LogP contribution in [0, 0.1) is 5.92 Å². The minimum atomic E-state index is 0.358. The average Bonchev–Trinajstić information content (AvgIpc) is 3.06. The van der Waals surface area contributed by atoms with E-state index in [1.807, 2.05) is 17.1 Å². The van der Waals surface area contributed by atoms with Crippen LogP contribution in [0.2, 0.25) is 0 Å². The van der Waals surface area contributed by atoms with E-state index in [4.69, 9.17) is 0 Å². The summed E-state index contributed by atoms with van der Waals surface area (Å²) < 4.78 is 1.98. The van der Waals surface area contributed by atoms with Gasteiger partial charge in [-0.15, -0.1) is 0 Å². The fourth-order valence-corrected chi connectivity index (χ4v) is 3.51. The first-order valence-corrected chi connectivity index (χ1v) is 9.13. The summed E-state index contributed by atoms with van der Waals surface area (Å²) in [6.07, 6.45) is 11.2. The highest BCUT2D eigenvalue weighted by Gasteiger charge is 2.23. The van der Waals surface area contributed by atoms with Crippen LogP contribution >= 0.6 is 0 Å². The van der Waals surface area contributed by atoms with Gasteiger partial charge in [0.15, 0.2) is 0 Å². The molecule has 0 spiro atoms. The first kappa shape index (κ1) is 17.1. The summed E-state index contributed by atoms with van der Waals surface area (Å²) in [6, 6.07) is 0.982. The van der Waals surface area contributed by atoms with Crippen LogP contribution in [0.5, 0.6) is 0 Å². The summed E-state index contributed by atoms with van der Waals surface area (Å²) in [5.74, 6) is 0.664. The average molecular weight is 327 g/mol. The molecule has 130 valence electrons. The number of aromatic nitrogens is 4. The monoisotopic (exact) mass is 327 g/mol. The van der Waals surface area contributed by atoms with Crippen molar-refractivity contribution < 1.29 is 0 Å². The number of likely N-dealkylation sites (tertiary alicyclic amines) is 1. The van der Waals surface area contributed by atoms with Crippen LogP contribution in [0.3, 0.4) is 0 Å². The molecule has 0 aliphatic carbocycles. The molecule has 0 saturated carbocycles. The Morgan fingerprint density at radius 1 is 1.12 bits per heavy atom. The van der Waals surface area contributed by atoms with Crippen LogP contribution in [0.25, 0.3) is 11.3 Å². The highest BCUT2D eigenvalue weighted by molar-refractivity contribution is 5.59. The highest BCUT2D eigenvalue weighted by atomic mass is 15.3. The maximum absolute atomic E-state index is 4.66. The van der Waals surface area contributed by atoms with Gasteiger partial charge in [0, 0.05) is 42.8 Å². The zero-order valence-corrected chi connectivity index (χ0v) is 15.3. The van der Waals surface area contributed by atoms with Gasteiger partial charge in [-0.1, -0.05) is 0 Å². The van der Waals surface area contributed by atoms with E-state index >= 15 is 0 Å². The lowest BCUT2D eigenvalue weighted by Gasteiger charge is -2.35. The van der Waals surface area contributed by atoms with Gasteiger partial charge in [-0.3, -0.25) is 14.6 Å². The molecule has 3 rings (SSSR count). The SMILES string of the molecule is CC(C)N1CCCC(Cc2nccnc2-c2cnn(C(C)C)c2)C1. The second kappa shape index (κ2) is 7.43. The predicted octanol–water partition coefficient (Wildman–Crippen LogP) is 3.58. The fourth-order valence-electron chi connectivity index (χ4n) is 3.51. The van der Waals surface area contributed by atoms with Gasteiger partial charge in [-0.2, -0.15) is 5.10 Å². The Morgan fingerprint density at radius 3 is 2.62 bits per heavy atom. The van der Waals surface area contributed by atoms with Crippen LogP contribution in [-0.4, -0.2) is 43.8 Å². The summed E-state index contributed by atoms with van der Waals surface area (Å²) in [4.78, 5) is 11.9. The lowest BCUT2D eigenvalue weighted by Crippen LogP contribution is -2.40. The number of hydrogen-bond donors (Lipinski definition) is 0. The van der Waals surface area contributed by atoms with Crippen LogP contribution < -0.4 is 0 Å². The number of piperidine rings is 1.